The molecule has 1 fully saturated rings. The van der Waals surface area contributed by atoms with Crippen LogP contribution >= 0.6 is 0 Å². The zero-order chi connectivity index (χ0) is 19.4. The highest BCUT2D eigenvalue weighted by molar-refractivity contribution is 7.90. The van der Waals surface area contributed by atoms with E-state index in [9.17, 15) is 18.0 Å². The lowest BCUT2D eigenvalue weighted by atomic mass is 10.1. The lowest BCUT2D eigenvalue weighted by Crippen LogP contribution is -2.35. The van der Waals surface area contributed by atoms with Crippen molar-refractivity contribution >= 4 is 15.7 Å². The molecule has 1 aliphatic heterocycles. The molecule has 0 aliphatic carbocycles. The van der Waals surface area contributed by atoms with Crippen molar-refractivity contribution in [1.82, 2.24) is 19.7 Å². The van der Waals surface area contributed by atoms with Crippen LogP contribution in [0.4, 0.5) is 0 Å². The van der Waals surface area contributed by atoms with Gasteiger partial charge in [0, 0.05) is 25.2 Å². The summed E-state index contributed by atoms with van der Waals surface area (Å²) >= 11 is 0. The summed E-state index contributed by atoms with van der Waals surface area (Å²) in [5, 5.41) is 5.64. The van der Waals surface area contributed by atoms with Crippen LogP contribution in [-0.2, 0) is 22.1 Å². The molecule has 2 heterocycles. The normalized spacial score (nSPS) is 15.1. The first-order chi connectivity index (χ1) is 12.9. The number of aromatic amines is 1. The minimum absolute atomic E-state index is 0.0726. The smallest absolute Gasteiger partial charge is 0.339 e. The van der Waals surface area contributed by atoms with Gasteiger partial charge in [-0.3, -0.25) is 9.36 Å². The van der Waals surface area contributed by atoms with E-state index in [0.29, 0.717) is 17.5 Å². The van der Waals surface area contributed by atoms with Gasteiger partial charge >= 0.3 is 5.69 Å². The number of benzene rings is 1. The average Bonchev–Trinajstić information content (AvgIpc) is 3.03. The standard InChI is InChI=1S/C18H24N4O4S/c1-2-9-22-17(24)19-20-18(22)27(25,26)13-14-7-6-8-15(12-14)16(23)21-10-4-3-5-11-21/h6-8,12H,2-5,9-11,13H2,1H3,(H,19,24). The molecule has 1 aliphatic rings. The Bertz CT molecular complexity index is 971. The summed E-state index contributed by atoms with van der Waals surface area (Å²) in [7, 11) is -3.82. The molecule has 1 saturated heterocycles. The Labute approximate surface area is 158 Å². The van der Waals surface area contributed by atoms with Gasteiger partial charge in [0.15, 0.2) is 0 Å². The molecule has 8 nitrogen and oxygen atoms in total. The number of nitrogens with one attached hydrogen (secondary N) is 1. The summed E-state index contributed by atoms with van der Waals surface area (Å²) in [6, 6.07) is 6.67. The van der Waals surface area contributed by atoms with Crippen LogP contribution in [0.3, 0.4) is 0 Å². The molecule has 146 valence electrons. The number of carbonyl (C=O) groups excluding carboxylic acids is 1. The van der Waals surface area contributed by atoms with Gasteiger partial charge in [0.2, 0.25) is 9.84 Å². The van der Waals surface area contributed by atoms with Crippen molar-refractivity contribution < 1.29 is 13.2 Å². The second kappa shape index (κ2) is 8.08. The van der Waals surface area contributed by atoms with Crippen molar-refractivity contribution in [3.63, 3.8) is 0 Å². The molecule has 0 saturated carbocycles. The molecule has 9 heteroatoms. The quantitative estimate of drug-likeness (QED) is 0.804. The van der Waals surface area contributed by atoms with Crippen LogP contribution < -0.4 is 5.69 Å². The molecule has 27 heavy (non-hydrogen) atoms. The number of rotatable bonds is 6. The van der Waals surface area contributed by atoms with Gasteiger partial charge in [-0.2, -0.15) is 0 Å². The molecule has 0 atom stereocenters. The van der Waals surface area contributed by atoms with Gasteiger partial charge in [0.1, 0.15) is 0 Å². The van der Waals surface area contributed by atoms with Crippen LogP contribution in [0.5, 0.6) is 0 Å². The van der Waals surface area contributed by atoms with Gasteiger partial charge < -0.3 is 4.90 Å². The number of amides is 1. The summed E-state index contributed by atoms with van der Waals surface area (Å²) in [5.74, 6) is -0.390. The Morgan fingerprint density at radius 2 is 1.96 bits per heavy atom. The number of sulfone groups is 1. The van der Waals surface area contributed by atoms with E-state index in [0.717, 1.165) is 36.9 Å². The fraction of sp³-hybridized carbons (Fsp3) is 0.500. The topological polar surface area (TPSA) is 105 Å². The van der Waals surface area contributed by atoms with Crippen LogP contribution in [0.2, 0.25) is 0 Å². The Morgan fingerprint density at radius 3 is 2.67 bits per heavy atom. The summed E-state index contributed by atoms with van der Waals surface area (Å²) < 4.78 is 26.6. The second-order valence-corrected chi connectivity index (χ2v) is 8.66. The predicted molar refractivity (Wildman–Crippen MR) is 100 cm³/mol. The van der Waals surface area contributed by atoms with Crippen LogP contribution in [-0.4, -0.2) is 47.1 Å². The number of aromatic nitrogens is 3. The largest absolute Gasteiger partial charge is 0.344 e. The zero-order valence-corrected chi connectivity index (χ0v) is 16.2. The van der Waals surface area contributed by atoms with E-state index >= 15 is 0 Å². The van der Waals surface area contributed by atoms with E-state index in [1.54, 1.807) is 24.3 Å². The highest BCUT2D eigenvalue weighted by Crippen LogP contribution is 2.18. The van der Waals surface area contributed by atoms with Gasteiger partial charge in [0.05, 0.1) is 5.75 Å². The first-order valence-electron chi connectivity index (χ1n) is 9.18. The van der Waals surface area contributed by atoms with E-state index in [2.05, 4.69) is 10.2 Å². The van der Waals surface area contributed by atoms with Crippen molar-refractivity contribution in [2.75, 3.05) is 13.1 Å². The number of hydrogen-bond acceptors (Lipinski definition) is 5. The molecule has 1 N–H and O–H groups in total. The molecule has 0 radical (unpaired) electrons. The minimum Gasteiger partial charge on any atom is -0.339 e. The summed E-state index contributed by atoms with van der Waals surface area (Å²) in [6.45, 7) is 3.60. The van der Waals surface area contributed by atoms with Gasteiger partial charge in [-0.05, 0) is 43.4 Å². The van der Waals surface area contributed by atoms with Crippen molar-refractivity contribution in [1.29, 1.82) is 0 Å². The highest BCUT2D eigenvalue weighted by atomic mass is 32.2. The molecule has 0 unspecified atom stereocenters. The van der Waals surface area contributed by atoms with Gasteiger partial charge in [0.25, 0.3) is 11.1 Å². The summed E-state index contributed by atoms with van der Waals surface area (Å²) in [5.41, 5.74) is 0.443. The van der Waals surface area contributed by atoms with Crippen molar-refractivity contribution in [2.45, 2.75) is 50.1 Å². The lowest BCUT2D eigenvalue weighted by molar-refractivity contribution is 0.0724. The number of piperidine rings is 1. The van der Waals surface area contributed by atoms with Crippen molar-refractivity contribution in [3.8, 4) is 0 Å². The molecular formula is C18H24N4O4S. The van der Waals surface area contributed by atoms with Crippen LogP contribution in [0.15, 0.2) is 34.2 Å². The van der Waals surface area contributed by atoms with E-state index in [4.69, 9.17) is 0 Å². The van der Waals surface area contributed by atoms with E-state index < -0.39 is 15.5 Å². The fourth-order valence-corrected chi connectivity index (χ4v) is 4.76. The van der Waals surface area contributed by atoms with Gasteiger partial charge in [-0.1, -0.05) is 19.1 Å². The van der Waals surface area contributed by atoms with Crippen LogP contribution in [0.1, 0.15) is 48.5 Å². The number of likely N-dealkylation sites (tertiary alicyclic amines) is 1. The third kappa shape index (κ3) is 4.29. The predicted octanol–water partition coefficient (Wildman–Crippen LogP) is 1.58. The van der Waals surface area contributed by atoms with Crippen molar-refractivity contribution in [2.24, 2.45) is 0 Å². The molecule has 1 aromatic carbocycles. The fourth-order valence-electron chi connectivity index (χ4n) is 3.32. The van der Waals surface area contributed by atoms with Crippen molar-refractivity contribution in [3.05, 3.63) is 45.9 Å². The van der Waals surface area contributed by atoms with Crippen LogP contribution in [0, 0.1) is 0 Å². The molecular weight excluding hydrogens is 368 g/mol. The number of nitrogens with zero attached hydrogens (tertiary/aromatic N) is 3. The Morgan fingerprint density at radius 1 is 1.22 bits per heavy atom. The maximum Gasteiger partial charge on any atom is 0.344 e. The zero-order valence-electron chi connectivity index (χ0n) is 15.3. The average molecular weight is 392 g/mol. The molecule has 3 rings (SSSR count). The Kier molecular flexibility index (Phi) is 5.79. The Hall–Kier alpha value is -2.42. The summed E-state index contributed by atoms with van der Waals surface area (Å²) in [6.07, 6.45) is 3.73. The van der Waals surface area contributed by atoms with Gasteiger partial charge in [-0.15, -0.1) is 5.10 Å². The molecule has 0 bridgehead atoms. The van der Waals surface area contributed by atoms with Gasteiger partial charge in [-0.25, -0.2) is 18.3 Å². The maximum atomic E-state index is 12.8. The second-order valence-electron chi connectivity index (χ2n) is 6.78. The van der Waals surface area contributed by atoms with E-state index in [1.807, 2.05) is 11.8 Å². The summed E-state index contributed by atoms with van der Waals surface area (Å²) in [4.78, 5) is 26.2. The first-order valence-corrected chi connectivity index (χ1v) is 10.8. The van der Waals surface area contributed by atoms with E-state index in [-0.39, 0.29) is 23.4 Å². The molecule has 1 amide bonds. The molecule has 0 spiro atoms. The minimum atomic E-state index is -3.82. The van der Waals surface area contributed by atoms with E-state index in [1.165, 1.54) is 0 Å². The third-order valence-corrected chi connectivity index (χ3v) is 6.20. The third-order valence-electron chi connectivity index (χ3n) is 4.62. The molecule has 1 aromatic heterocycles. The first kappa shape index (κ1) is 19.3. The number of H-pyrrole nitrogens is 1. The highest BCUT2D eigenvalue weighted by Gasteiger charge is 2.24. The SMILES string of the molecule is CCCn1c(S(=O)(=O)Cc2cccc(C(=O)N3CCCCC3)c2)n[nH]c1=O. The number of carbonyl (C=O) groups is 1. The Balaban J connectivity index is 1.83. The number of hydrogen-bond donors (Lipinski definition) is 1. The van der Waals surface area contributed by atoms with Crippen LogP contribution in [0.25, 0.3) is 0 Å². The maximum absolute atomic E-state index is 12.8. The monoisotopic (exact) mass is 392 g/mol. The molecule has 2 aromatic rings. The lowest BCUT2D eigenvalue weighted by Gasteiger charge is -2.26.